The standard InChI is InChI=1S/C12H9BrFNO2/c1-15-6-9(14)10(11(15)12(16)17)7-2-4-8(13)5-3-7/h2-6H,1H3,(H,16,17). The van der Waals surface area contributed by atoms with Crippen molar-refractivity contribution >= 4 is 21.9 Å². The molecule has 0 spiro atoms. The molecule has 0 bridgehead atoms. The summed E-state index contributed by atoms with van der Waals surface area (Å²) in [6, 6.07) is 6.84. The zero-order valence-electron chi connectivity index (χ0n) is 8.95. The van der Waals surface area contributed by atoms with Crippen molar-refractivity contribution in [2.45, 2.75) is 0 Å². The van der Waals surface area contributed by atoms with Gasteiger partial charge in [-0.15, -0.1) is 0 Å². The molecule has 0 unspecified atom stereocenters. The van der Waals surface area contributed by atoms with E-state index in [1.54, 1.807) is 24.3 Å². The van der Waals surface area contributed by atoms with Crippen molar-refractivity contribution in [2.24, 2.45) is 7.05 Å². The topological polar surface area (TPSA) is 42.2 Å². The molecule has 1 aromatic carbocycles. The van der Waals surface area contributed by atoms with Gasteiger partial charge in [-0.25, -0.2) is 9.18 Å². The first-order valence-electron chi connectivity index (χ1n) is 4.84. The van der Waals surface area contributed by atoms with E-state index in [1.807, 2.05) is 0 Å². The van der Waals surface area contributed by atoms with E-state index < -0.39 is 11.8 Å². The largest absolute Gasteiger partial charge is 0.477 e. The minimum absolute atomic E-state index is 0.0511. The van der Waals surface area contributed by atoms with Crippen LogP contribution in [0.15, 0.2) is 34.9 Å². The first-order valence-corrected chi connectivity index (χ1v) is 5.64. The summed E-state index contributed by atoms with van der Waals surface area (Å²) in [5.41, 5.74) is 0.612. The minimum Gasteiger partial charge on any atom is -0.477 e. The molecular formula is C12H9BrFNO2. The van der Waals surface area contributed by atoms with Crippen LogP contribution >= 0.6 is 15.9 Å². The normalized spacial score (nSPS) is 10.5. The fraction of sp³-hybridized carbons (Fsp3) is 0.0833. The van der Waals surface area contributed by atoms with Crippen molar-refractivity contribution < 1.29 is 14.3 Å². The molecule has 88 valence electrons. The van der Waals surface area contributed by atoms with E-state index in [0.717, 1.165) is 4.47 Å². The molecule has 0 aliphatic rings. The molecule has 0 amide bonds. The van der Waals surface area contributed by atoms with Gasteiger partial charge in [-0.1, -0.05) is 28.1 Å². The molecule has 0 atom stereocenters. The summed E-state index contributed by atoms with van der Waals surface area (Å²) in [5, 5.41) is 9.08. The van der Waals surface area contributed by atoms with Crippen LogP contribution in [0.2, 0.25) is 0 Å². The lowest BCUT2D eigenvalue weighted by Crippen LogP contribution is -2.05. The molecule has 0 saturated heterocycles. The zero-order chi connectivity index (χ0) is 12.6. The van der Waals surface area contributed by atoms with Gasteiger partial charge < -0.3 is 9.67 Å². The predicted molar refractivity (Wildman–Crippen MR) is 65.5 cm³/mol. The second-order valence-corrected chi connectivity index (χ2v) is 4.54. The SMILES string of the molecule is Cn1cc(F)c(-c2ccc(Br)cc2)c1C(=O)O. The molecule has 1 aromatic heterocycles. The van der Waals surface area contributed by atoms with Crippen molar-refractivity contribution in [1.82, 2.24) is 4.57 Å². The zero-order valence-corrected chi connectivity index (χ0v) is 10.5. The van der Waals surface area contributed by atoms with Crippen LogP contribution in [0, 0.1) is 5.82 Å². The number of hydrogen-bond donors (Lipinski definition) is 1. The highest BCUT2D eigenvalue weighted by atomic mass is 79.9. The van der Waals surface area contributed by atoms with E-state index in [-0.39, 0.29) is 11.3 Å². The second-order valence-electron chi connectivity index (χ2n) is 3.62. The maximum atomic E-state index is 13.7. The molecule has 0 aliphatic carbocycles. The van der Waals surface area contributed by atoms with E-state index in [2.05, 4.69) is 15.9 Å². The molecule has 17 heavy (non-hydrogen) atoms. The molecule has 0 aliphatic heterocycles. The monoisotopic (exact) mass is 297 g/mol. The van der Waals surface area contributed by atoms with Gasteiger partial charge in [0.2, 0.25) is 0 Å². The number of rotatable bonds is 2. The maximum absolute atomic E-state index is 13.7. The van der Waals surface area contributed by atoms with Crippen molar-refractivity contribution in [2.75, 3.05) is 0 Å². The number of halogens is 2. The Morgan fingerprint density at radius 3 is 2.47 bits per heavy atom. The summed E-state index contributed by atoms with van der Waals surface area (Å²) >= 11 is 3.27. The Hall–Kier alpha value is -1.62. The van der Waals surface area contributed by atoms with Gasteiger partial charge in [-0.2, -0.15) is 0 Å². The third kappa shape index (κ3) is 2.10. The van der Waals surface area contributed by atoms with Crippen LogP contribution in [-0.2, 0) is 7.05 Å². The Balaban J connectivity index is 2.66. The van der Waals surface area contributed by atoms with Gasteiger partial charge >= 0.3 is 5.97 Å². The number of aromatic nitrogens is 1. The van der Waals surface area contributed by atoms with E-state index >= 15 is 0 Å². The first-order chi connectivity index (χ1) is 8.00. The fourth-order valence-electron chi connectivity index (χ4n) is 1.74. The number of aromatic carboxylic acids is 1. The summed E-state index contributed by atoms with van der Waals surface area (Å²) < 4.78 is 15.9. The summed E-state index contributed by atoms with van der Waals surface area (Å²) in [4.78, 5) is 11.1. The Morgan fingerprint density at radius 2 is 1.94 bits per heavy atom. The average molecular weight is 298 g/mol. The Morgan fingerprint density at radius 1 is 1.35 bits per heavy atom. The first kappa shape index (κ1) is 11.9. The Labute approximate surface area is 106 Å². The van der Waals surface area contributed by atoms with Gasteiger partial charge in [-0.3, -0.25) is 0 Å². The number of carboxylic acids is 1. The molecule has 1 heterocycles. The summed E-state index contributed by atoms with van der Waals surface area (Å²) in [6.45, 7) is 0. The molecular weight excluding hydrogens is 289 g/mol. The van der Waals surface area contributed by atoms with Crippen molar-refractivity contribution in [1.29, 1.82) is 0 Å². The fourth-order valence-corrected chi connectivity index (χ4v) is 2.00. The highest BCUT2D eigenvalue weighted by molar-refractivity contribution is 9.10. The predicted octanol–water partition coefficient (Wildman–Crippen LogP) is 3.29. The molecule has 2 rings (SSSR count). The van der Waals surface area contributed by atoms with Crippen LogP contribution in [0.4, 0.5) is 4.39 Å². The minimum atomic E-state index is -1.14. The van der Waals surface area contributed by atoms with Gasteiger partial charge in [0.1, 0.15) is 11.5 Å². The summed E-state index contributed by atoms with van der Waals surface area (Å²) in [6.07, 6.45) is 1.17. The third-order valence-corrected chi connectivity index (χ3v) is 3.00. The van der Waals surface area contributed by atoms with E-state index in [9.17, 15) is 9.18 Å². The highest BCUT2D eigenvalue weighted by Gasteiger charge is 2.21. The van der Waals surface area contributed by atoms with Crippen LogP contribution in [0.5, 0.6) is 0 Å². The number of aryl methyl sites for hydroxylation is 1. The highest BCUT2D eigenvalue weighted by Crippen LogP contribution is 2.29. The number of benzene rings is 1. The lowest BCUT2D eigenvalue weighted by Gasteiger charge is -2.03. The summed E-state index contributed by atoms with van der Waals surface area (Å²) in [5.74, 6) is -1.68. The molecule has 0 saturated carbocycles. The van der Waals surface area contributed by atoms with Gasteiger partial charge in [-0.05, 0) is 17.7 Å². The number of hydrogen-bond acceptors (Lipinski definition) is 1. The van der Waals surface area contributed by atoms with Gasteiger partial charge in [0, 0.05) is 17.7 Å². The molecule has 0 fully saturated rings. The lowest BCUT2D eigenvalue weighted by molar-refractivity contribution is 0.0687. The van der Waals surface area contributed by atoms with Crippen LogP contribution in [-0.4, -0.2) is 15.6 Å². The summed E-state index contributed by atoms with van der Waals surface area (Å²) in [7, 11) is 1.51. The van der Waals surface area contributed by atoms with Crippen molar-refractivity contribution in [3.8, 4) is 11.1 Å². The van der Waals surface area contributed by atoms with Crippen LogP contribution < -0.4 is 0 Å². The maximum Gasteiger partial charge on any atom is 0.353 e. The van der Waals surface area contributed by atoms with Crippen LogP contribution in [0.25, 0.3) is 11.1 Å². The molecule has 2 aromatic rings. The van der Waals surface area contributed by atoms with E-state index in [4.69, 9.17) is 5.11 Å². The van der Waals surface area contributed by atoms with Crippen LogP contribution in [0.3, 0.4) is 0 Å². The molecule has 1 N–H and O–H groups in total. The van der Waals surface area contributed by atoms with Crippen molar-refractivity contribution in [3.63, 3.8) is 0 Å². The molecule has 5 heteroatoms. The van der Waals surface area contributed by atoms with Gasteiger partial charge in [0.15, 0.2) is 0 Å². The average Bonchev–Trinajstić information content (AvgIpc) is 2.55. The number of carbonyl (C=O) groups is 1. The van der Waals surface area contributed by atoms with Gasteiger partial charge in [0.25, 0.3) is 0 Å². The Kier molecular flexibility index (Phi) is 3.02. The van der Waals surface area contributed by atoms with E-state index in [0.29, 0.717) is 5.56 Å². The quantitative estimate of drug-likeness (QED) is 0.924. The van der Waals surface area contributed by atoms with E-state index in [1.165, 1.54) is 17.8 Å². The van der Waals surface area contributed by atoms with Crippen LogP contribution in [0.1, 0.15) is 10.5 Å². The number of nitrogens with zero attached hydrogens (tertiary/aromatic N) is 1. The lowest BCUT2D eigenvalue weighted by atomic mass is 10.1. The smallest absolute Gasteiger partial charge is 0.353 e. The second kappa shape index (κ2) is 4.33. The number of carboxylic acid groups (broad SMARTS) is 1. The Bertz CT molecular complexity index is 575. The molecule has 3 nitrogen and oxygen atoms in total. The van der Waals surface area contributed by atoms with Gasteiger partial charge in [0.05, 0.1) is 5.56 Å². The third-order valence-electron chi connectivity index (χ3n) is 2.47. The molecule has 0 radical (unpaired) electrons. The van der Waals surface area contributed by atoms with Crippen molar-refractivity contribution in [3.05, 3.63) is 46.4 Å².